The van der Waals surface area contributed by atoms with Gasteiger partial charge < -0.3 is 14.9 Å². The molecule has 0 aliphatic carbocycles. The Morgan fingerprint density at radius 3 is 2.94 bits per heavy atom. The third-order valence-corrected chi connectivity index (χ3v) is 3.33. The molecule has 0 spiro atoms. The zero-order valence-corrected chi connectivity index (χ0v) is 10.1. The Kier molecular flexibility index (Phi) is 3.28. The van der Waals surface area contributed by atoms with Crippen LogP contribution in [0.4, 0.5) is 5.69 Å². The molecule has 0 amide bonds. The highest BCUT2D eigenvalue weighted by atomic mass is 16.4. The van der Waals surface area contributed by atoms with E-state index in [-0.39, 0.29) is 0 Å². The summed E-state index contributed by atoms with van der Waals surface area (Å²) in [5, 5.41) is 9.15. The molecule has 1 unspecified atom stereocenters. The Bertz CT molecular complexity index is 422. The average molecular weight is 235 g/mol. The van der Waals surface area contributed by atoms with E-state index in [9.17, 15) is 4.79 Å². The summed E-state index contributed by atoms with van der Waals surface area (Å²) in [4.78, 5) is 19.5. The van der Waals surface area contributed by atoms with E-state index < -0.39 is 5.97 Å². The van der Waals surface area contributed by atoms with Crippen molar-refractivity contribution in [1.82, 2.24) is 9.88 Å². The summed E-state index contributed by atoms with van der Waals surface area (Å²) < 4.78 is 0. The number of carboxylic acid groups (broad SMARTS) is 1. The molecular weight excluding hydrogens is 218 g/mol. The summed E-state index contributed by atoms with van der Waals surface area (Å²) in [5.74, 6) is -0.894. The number of hydrogen-bond donors (Lipinski definition) is 1. The van der Waals surface area contributed by atoms with Gasteiger partial charge in [-0.1, -0.05) is 0 Å². The lowest BCUT2D eigenvalue weighted by molar-refractivity contribution is 0.0697. The molecule has 0 bridgehead atoms. The van der Waals surface area contributed by atoms with Gasteiger partial charge in [-0.3, -0.25) is 4.98 Å². The van der Waals surface area contributed by atoms with Crippen LogP contribution in [0, 0.1) is 0 Å². The number of aromatic carboxylic acids is 1. The van der Waals surface area contributed by atoms with E-state index in [2.05, 4.69) is 28.8 Å². The van der Waals surface area contributed by atoms with Crippen molar-refractivity contribution < 1.29 is 9.90 Å². The van der Waals surface area contributed by atoms with Gasteiger partial charge in [0.05, 0.1) is 17.4 Å². The quantitative estimate of drug-likeness (QED) is 0.826. The minimum atomic E-state index is -0.894. The first-order valence-electron chi connectivity index (χ1n) is 5.72. The fourth-order valence-corrected chi connectivity index (χ4v) is 2.09. The number of aromatic nitrogens is 1. The molecule has 92 valence electrons. The van der Waals surface area contributed by atoms with E-state index >= 15 is 0 Å². The average Bonchev–Trinajstić information content (AvgIpc) is 2.32. The van der Waals surface area contributed by atoms with Crippen LogP contribution in [0.2, 0.25) is 0 Å². The Balaban J connectivity index is 2.25. The normalized spacial score (nSPS) is 21.5. The number of pyridine rings is 1. The maximum atomic E-state index is 11.1. The van der Waals surface area contributed by atoms with Gasteiger partial charge in [-0.2, -0.15) is 0 Å². The molecule has 1 N–H and O–H groups in total. The number of carboxylic acids is 1. The fourth-order valence-electron chi connectivity index (χ4n) is 2.09. The number of likely N-dealkylation sites (N-methyl/N-ethyl adjacent to an activating group) is 1. The van der Waals surface area contributed by atoms with E-state index in [1.807, 2.05) is 0 Å². The molecule has 1 aliphatic heterocycles. The Morgan fingerprint density at radius 1 is 1.53 bits per heavy atom. The summed E-state index contributed by atoms with van der Waals surface area (Å²) in [6.45, 7) is 4.76. The highest BCUT2D eigenvalue weighted by molar-refractivity contribution is 5.94. The number of hydrogen-bond acceptors (Lipinski definition) is 4. The van der Waals surface area contributed by atoms with Crippen molar-refractivity contribution in [2.75, 3.05) is 31.6 Å². The second-order valence-corrected chi connectivity index (χ2v) is 4.47. The zero-order chi connectivity index (χ0) is 12.4. The molecule has 1 aliphatic rings. The lowest BCUT2D eigenvalue weighted by Crippen LogP contribution is -2.50. The molecule has 5 nitrogen and oxygen atoms in total. The minimum absolute atomic E-state index is 0.330. The molecule has 0 saturated carbocycles. The second-order valence-electron chi connectivity index (χ2n) is 4.47. The number of anilines is 1. The van der Waals surface area contributed by atoms with Gasteiger partial charge in [0, 0.05) is 31.9 Å². The summed E-state index contributed by atoms with van der Waals surface area (Å²) >= 11 is 0. The van der Waals surface area contributed by atoms with E-state index in [0.29, 0.717) is 11.6 Å². The molecule has 0 aromatic carbocycles. The molecule has 1 aromatic rings. The molecule has 2 rings (SSSR count). The van der Waals surface area contributed by atoms with E-state index in [1.54, 1.807) is 12.3 Å². The molecule has 1 atom stereocenters. The smallest absolute Gasteiger partial charge is 0.337 e. The molecule has 5 heteroatoms. The third-order valence-electron chi connectivity index (χ3n) is 3.33. The van der Waals surface area contributed by atoms with E-state index in [1.165, 1.54) is 6.20 Å². The van der Waals surface area contributed by atoms with Gasteiger partial charge in [0.25, 0.3) is 0 Å². The summed E-state index contributed by atoms with van der Waals surface area (Å²) in [6.07, 6.45) is 3.16. The monoisotopic (exact) mass is 235 g/mol. The lowest BCUT2D eigenvalue weighted by atomic mass is 10.1. The van der Waals surface area contributed by atoms with Crippen LogP contribution < -0.4 is 4.90 Å². The maximum Gasteiger partial charge on any atom is 0.337 e. The van der Waals surface area contributed by atoms with Crippen molar-refractivity contribution in [2.24, 2.45) is 0 Å². The molecule has 1 fully saturated rings. The van der Waals surface area contributed by atoms with Crippen LogP contribution in [0.1, 0.15) is 17.3 Å². The topological polar surface area (TPSA) is 56.7 Å². The zero-order valence-electron chi connectivity index (χ0n) is 10.1. The summed E-state index contributed by atoms with van der Waals surface area (Å²) in [7, 11) is 2.09. The van der Waals surface area contributed by atoms with Gasteiger partial charge in [-0.25, -0.2) is 4.79 Å². The second kappa shape index (κ2) is 4.71. The first kappa shape index (κ1) is 11.9. The summed E-state index contributed by atoms with van der Waals surface area (Å²) in [5.41, 5.74) is 1.05. The van der Waals surface area contributed by atoms with Crippen LogP contribution in [0.5, 0.6) is 0 Å². The Hall–Kier alpha value is -1.62. The lowest BCUT2D eigenvalue weighted by Gasteiger charge is -2.39. The van der Waals surface area contributed by atoms with E-state index in [4.69, 9.17) is 5.11 Å². The number of nitrogens with zero attached hydrogens (tertiary/aromatic N) is 3. The predicted octanol–water partition coefficient (Wildman–Crippen LogP) is 0.920. The van der Waals surface area contributed by atoms with Crippen molar-refractivity contribution in [2.45, 2.75) is 13.0 Å². The molecule has 0 radical (unpaired) electrons. The van der Waals surface area contributed by atoms with Crippen molar-refractivity contribution in [1.29, 1.82) is 0 Å². The first-order valence-corrected chi connectivity index (χ1v) is 5.72. The van der Waals surface area contributed by atoms with Gasteiger partial charge in [-0.05, 0) is 20.0 Å². The van der Waals surface area contributed by atoms with Crippen molar-refractivity contribution >= 4 is 11.7 Å². The molecule has 2 heterocycles. The van der Waals surface area contributed by atoms with Gasteiger partial charge in [0.15, 0.2) is 0 Å². The largest absolute Gasteiger partial charge is 0.478 e. The van der Waals surface area contributed by atoms with Gasteiger partial charge >= 0.3 is 5.97 Å². The summed E-state index contributed by atoms with van der Waals surface area (Å²) in [6, 6.07) is 1.98. The van der Waals surface area contributed by atoms with Crippen molar-refractivity contribution in [3.05, 3.63) is 24.0 Å². The Morgan fingerprint density at radius 2 is 2.29 bits per heavy atom. The van der Waals surface area contributed by atoms with Gasteiger partial charge in [0.2, 0.25) is 0 Å². The Labute approximate surface area is 101 Å². The predicted molar refractivity (Wildman–Crippen MR) is 65.5 cm³/mol. The number of rotatable bonds is 2. The molecular formula is C12H17N3O2. The van der Waals surface area contributed by atoms with Crippen molar-refractivity contribution in [3.8, 4) is 0 Å². The van der Waals surface area contributed by atoms with Crippen molar-refractivity contribution in [3.63, 3.8) is 0 Å². The molecule has 1 aromatic heterocycles. The van der Waals surface area contributed by atoms with Crippen LogP contribution in [-0.2, 0) is 0 Å². The SMILES string of the molecule is CC1CN(c2cnccc2C(=O)O)CCN1C. The third kappa shape index (κ3) is 2.39. The van der Waals surface area contributed by atoms with Crippen LogP contribution in [0.3, 0.4) is 0 Å². The first-order chi connectivity index (χ1) is 8.09. The highest BCUT2D eigenvalue weighted by Gasteiger charge is 2.23. The van der Waals surface area contributed by atoms with Gasteiger partial charge in [0.1, 0.15) is 0 Å². The van der Waals surface area contributed by atoms with Crippen LogP contribution in [-0.4, -0.2) is 53.7 Å². The highest BCUT2D eigenvalue weighted by Crippen LogP contribution is 2.22. The molecule has 1 saturated heterocycles. The minimum Gasteiger partial charge on any atom is -0.478 e. The fraction of sp³-hybridized carbons (Fsp3) is 0.500. The number of carbonyl (C=O) groups is 1. The van der Waals surface area contributed by atoms with Crippen LogP contribution in [0.15, 0.2) is 18.5 Å². The van der Waals surface area contributed by atoms with Crippen LogP contribution >= 0.6 is 0 Å². The maximum absolute atomic E-state index is 11.1. The van der Waals surface area contributed by atoms with Gasteiger partial charge in [-0.15, -0.1) is 0 Å². The van der Waals surface area contributed by atoms with Crippen LogP contribution in [0.25, 0.3) is 0 Å². The standard InChI is InChI=1S/C12H17N3O2/c1-9-8-15(6-5-14(9)2)11-7-13-4-3-10(11)12(16)17/h3-4,7,9H,5-6,8H2,1-2H3,(H,16,17). The number of piperazine rings is 1. The van der Waals surface area contributed by atoms with E-state index in [0.717, 1.165) is 25.3 Å². The molecule has 17 heavy (non-hydrogen) atoms.